The van der Waals surface area contributed by atoms with Gasteiger partial charge in [-0.25, -0.2) is 14.3 Å². The fraction of sp³-hybridized carbons (Fsp3) is 0.348. The van der Waals surface area contributed by atoms with Crippen molar-refractivity contribution in [2.45, 2.75) is 25.4 Å². The summed E-state index contributed by atoms with van der Waals surface area (Å²) in [6, 6.07) is 6.71. The van der Waals surface area contributed by atoms with Crippen molar-refractivity contribution in [3.8, 4) is 0 Å². The second-order valence-electron chi connectivity index (χ2n) is 8.74. The van der Waals surface area contributed by atoms with E-state index in [0.717, 1.165) is 5.56 Å². The van der Waals surface area contributed by atoms with Crippen molar-refractivity contribution in [3.63, 3.8) is 0 Å². The molecule has 0 radical (unpaired) electrons. The molecule has 4 rings (SSSR count). The SMILES string of the molecule is CCc1nc2ncc(C(=O)N(C)C)cn2c1C(=O)NCc1ccc(N2CCN(S(=O)(=O)C(F)(F)F)C=N2)cc1.[HH]. The highest BCUT2D eigenvalue weighted by Gasteiger charge is 2.50. The fourth-order valence-electron chi connectivity index (χ4n) is 3.83. The molecule has 0 unspecified atom stereocenters. The Morgan fingerprint density at radius 3 is 2.41 bits per heavy atom. The van der Waals surface area contributed by atoms with Crippen LogP contribution in [-0.2, 0) is 23.0 Å². The predicted octanol–water partition coefficient (Wildman–Crippen LogP) is 2.08. The van der Waals surface area contributed by atoms with E-state index in [2.05, 4.69) is 20.4 Å². The van der Waals surface area contributed by atoms with E-state index in [9.17, 15) is 31.2 Å². The lowest BCUT2D eigenvalue weighted by Crippen LogP contribution is -2.46. The van der Waals surface area contributed by atoms with Gasteiger partial charge in [-0.3, -0.25) is 19.0 Å². The molecule has 0 saturated heterocycles. The van der Waals surface area contributed by atoms with Gasteiger partial charge in [0, 0.05) is 34.5 Å². The number of halogens is 3. The number of benzene rings is 1. The molecule has 0 aliphatic carbocycles. The fourth-order valence-corrected chi connectivity index (χ4v) is 4.58. The molecule has 39 heavy (non-hydrogen) atoms. The number of amides is 2. The Hall–Kier alpha value is -4.21. The van der Waals surface area contributed by atoms with Crippen molar-refractivity contribution >= 4 is 39.6 Å². The first-order valence-corrected chi connectivity index (χ1v) is 13.1. The molecule has 12 nitrogen and oxygen atoms in total. The summed E-state index contributed by atoms with van der Waals surface area (Å²) in [5, 5.41) is 8.02. The van der Waals surface area contributed by atoms with Gasteiger partial charge in [-0.05, 0) is 24.1 Å². The van der Waals surface area contributed by atoms with Crippen molar-refractivity contribution in [1.82, 2.24) is 28.9 Å². The minimum atomic E-state index is -5.49. The Bertz CT molecular complexity index is 1540. The lowest BCUT2D eigenvalue weighted by Gasteiger charge is -2.29. The maximum absolute atomic E-state index is 13.1. The van der Waals surface area contributed by atoms with Crippen molar-refractivity contribution in [1.29, 1.82) is 0 Å². The van der Waals surface area contributed by atoms with Crippen molar-refractivity contribution in [2.24, 2.45) is 5.10 Å². The van der Waals surface area contributed by atoms with Crippen molar-refractivity contribution in [3.05, 3.63) is 59.2 Å². The lowest BCUT2D eigenvalue weighted by atomic mass is 10.2. The predicted molar refractivity (Wildman–Crippen MR) is 138 cm³/mol. The first kappa shape index (κ1) is 27.8. The first-order valence-electron chi connectivity index (χ1n) is 11.7. The zero-order valence-electron chi connectivity index (χ0n) is 21.2. The van der Waals surface area contributed by atoms with Gasteiger partial charge in [0.25, 0.3) is 11.8 Å². The number of carbonyl (C=O) groups is 2. The Kier molecular flexibility index (Phi) is 7.50. The van der Waals surface area contributed by atoms with Crippen LogP contribution in [0.5, 0.6) is 0 Å². The van der Waals surface area contributed by atoms with E-state index in [0.29, 0.717) is 35.5 Å². The number of sulfonamides is 1. The van der Waals surface area contributed by atoms with Gasteiger partial charge in [-0.2, -0.15) is 26.7 Å². The van der Waals surface area contributed by atoms with Crippen LogP contribution in [0.1, 0.15) is 40.5 Å². The number of imidazole rings is 1. The molecule has 1 aliphatic heterocycles. The topological polar surface area (TPSA) is 133 Å². The van der Waals surface area contributed by atoms with E-state index in [-0.39, 0.29) is 30.4 Å². The molecular formula is C23H27F3N8O4S. The zero-order chi connectivity index (χ0) is 28.5. The van der Waals surface area contributed by atoms with Crippen LogP contribution in [-0.4, -0.2) is 82.8 Å². The summed E-state index contributed by atoms with van der Waals surface area (Å²) < 4.78 is 62.9. The van der Waals surface area contributed by atoms with Crippen molar-refractivity contribution < 1.29 is 32.6 Å². The number of aromatic nitrogens is 3. The number of carbonyl (C=O) groups excluding carboxylic acids is 2. The average molecular weight is 569 g/mol. The zero-order valence-corrected chi connectivity index (χ0v) is 22.0. The first-order chi connectivity index (χ1) is 18.3. The molecule has 3 heterocycles. The Balaban J connectivity index is 0.00000441. The molecule has 0 saturated carbocycles. The summed E-state index contributed by atoms with van der Waals surface area (Å²) in [5.74, 6) is -0.387. The number of aryl methyl sites for hydroxylation is 1. The normalized spacial score (nSPS) is 14.1. The van der Waals surface area contributed by atoms with Crippen LogP contribution in [0.15, 0.2) is 41.8 Å². The average Bonchev–Trinajstić information content (AvgIpc) is 3.29. The van der Waals surface area contributed by atoms with Crippen LogP contribution < -0.4 is 10.3 Å². The number of hydrogen-bond acceptors (Lipinski definition) is 8. The van der Waals surface area contributed by atoms with E-state index < -0.39 is 28.0 Å². The smallest absolute Gasteiger partial charge is 0.347 e. The van der Waals surface area contributed by atoms with E-state index in [4.69, 9.17) is 0 Å². The highest BCUT2D eigenvalue weighted by Crippen LogP contribution is 2.27. The second-order valence-corrected chi connectivity index (χ2v) is 10.6. The molecule has 16 heteroatoms. The number of rotatable bonds is 7. The standard InChI is InChI=1S/C23H25F3N8O4S.H2/c1-4-18-19(33-13-16(21(36)31(2)3)12-28-22(33)30-18)20(35)27-11-15-5-7-17(8-6-15)34-10-9-32(14-29-34)39(37,38)23(24,25)26;/h5-8,12-14H,4,9-11H2,1-3H3,(H,27,35);1H. The Morgan fingerprint density at radius 2 is 1.85 bits per heavy atom. The van der Waals surface area contributed by atoms with Crippen LogP contribution in [0.2, 0.25) is 0 Å². The third-order valence-corrected chi connectivity index (χ3v) is 7.38. The molecule has 1 N–H and O–H groups in total. The Labute approximate surface area is 223 Å². The number of fused-ring (bicyclic) bond motifs is 1. The quantitative estimate of drug-likeness (QED) is 0.462. The van der Waals surface area contributed by atoms with E-state index in [1.165, 1.54) is 26.7 Å². The number of anilines is 1. The van der Waals surface area contributed by atoms with Gasteiger partial charge in [0.1, 0.15) is 12.0 Å². The van der Waals surface area contributed by atoms with E-state index >= 15 is 0 Å². The third kappa shape index (κ3) is 5.50. The van der Waals surface area contributed by atoms with Crippen LogP contribution in [0.3, 0.4) is 0 Å². The van der Waals surface area contributed by atoms with E-state index in [1.54, 1.807) is 38.4 Å². The summed E-state index contributed by atoms with van der Waals surface area (Å²) in [4.78, 5) is 35.5. The largest absolute Gasteiger partial charge is 0.516 e. The van der Waals surface area contributed by atoms with Crippen LogP contribution >= 0.6 is 0 Å². The maximum atomic E-state index is 13.1. The molecule has 2 amide bonds. The maximum Gasteiger partial charge on any atom is 0.516 e. The van der Waals surface area contributed by atoms with Crippen LogP contribution in [0.25, 0.3) is 5.78 Å². The van der Waals surface area contributed by atoms with Gasteiger partial charge < -0.3 is 10.2 Å². The number of hydrogen-bond donors (Lipinski definition) is 1. The molecular weight excluding hydrogens is 541 g/mol. The van der Waals surface area contributed by atoms with Crippen LogP contribution in [0, 0.1) is 0 Å². The van der Waals surface area contributed by atoms with Crippen LogP contribution in [0.4, 0.5) is 18.9 Å². The molecule has 1 aromatic carbocycles. The molecule has 0 atom stereocenters. The number of nitrogens with zero attached hydrogens (tertiary/aromatic N) is 7. The molecule has 210 valence electrons. The monoisotopic (exact) mass is 568 g/mol. The molecule has 1 aliphatic rings. The Morgan fingerprint density at radius 1 is 1.15 bits per heavy atom. The lowest BCUT2D eigenvalue weighted by molar-refractivity contribution is -0.0471. The molecule has 2 aromatic heterocycles. The van der Waals surface area contributed by atoms with Gasteiger partial charge >= 0.3 is 15.5 Å². The number of nitrogens with one attached hydrogen (secondary N) is 1. The summed E-state index contributed by atoms with van der Waals surface area (Å²) in [7, 11) is -2.26. The summed E-state index contributed by atoms with van der Waals surface area (Å²) in [6.07, 6.45) is 4.04. The van der Waals surface area contributed by atoms with E-state index in [1.807, 2.05) is 6.92 Å². The number of hydrazone groups is 1. The highest BCUT2D eigenvalue weighted by atomic mass is 32.2. The molecule has 3 aromatic rings. The molecule has 0 fully saturated rings. The second kappa shape index (κ2) is 10.5. The number of alkyl halides is 3. The summed E-state index contributed by atoms with van der Waals surface area (Å²) >= 11 is 0. The molecule has 0 bridgehead atoms. The van der Waals surface area contributed by atoms with Gasteiger partial charge in [-0.15, -0.1) is 0 Å². The van der Waals surface area contributed by atoms with Crippen molar-refractivity contribution in [2.75, 3.05) is 32.2 Å². The molecule has 0 spiro atoms. The summed E-state index contributed by atoms with van der Waals surface area (Å²) in [6.45, 7) is 1.51. The highest BCUT2D eigenvalue weighted by molar-refractivity contribution is 7.90. The minimum absolute atomic E-state index is 0. The third-order valence-electron chi connectivity index (χ3n) is 5.90. The summed E-state index contributed by atoms with van der Waals surface area (Å²) in [5.41, 5.74) is -3.05. The van der Waals surface area contributed by atoms with Gasteiger partial charge in [0.15, 0.2) is 0 Å². The van der Waals surface area contributed by atoms with Gasteiger partial charge in [0.2, 0.25) is 5.78 Å². The van der Waals surface area contributed by atoms with Gasteiger partial charge in [0.05, 0.1) is 30.0 Å². The van der Waals surface area contributed by atoms with Gasteiger partial charge in [-0.1, -0.05) is 19.1 Å². The minimum Gasteiger partial charge on any atom is -0.347 e.